The number of hydrogen-bond donors (Lipinski definition) is 0. The molecule has 1 atom stereocenters. The Labute approximate surface area is 118 Å². The summed E-state index contributed by atoms with van der Waals surface area (Å²) in [6.45, 7) is 1.81. The van der Waals surface area contributed by atoms with E-state index in [0.717, 1.165) is 5.56 Å². The van der Waals surface area contributed by atoms with Gasteiger partial charge in [0.25, 0.3) is 0 Å². The van der Waals surface area contributed by atoms with Crippen molar-refractivity contribution in [2.24, 2.45) is 0 Å². The van der Waals surface area contributed by atoms with Crippen LogP contribution in [0, 0.1) is 6.92 Å². The first kappa shape index (κ1) is 16.1. The molecular formula is C14H20O6. The minimum Gasteiger partial charge on any atom is -0.496 e. The van der Waals surface area contributed by atoms with Crippen LogP contribution < -0.4 is 14.2 Å². The normalized spacial score (nSPS) is 11.7. The number of rotatable bonds is 6. The summed E-state index contributed by atoms with van der Waals surface area (Å²) in [6, 6.07) is 1.65. The van der Waals surface area contributed by atoms with Crippen molar-refractivity contribution in [3.8, 4) is 17.2 Å². The quantitative estimate of drug-likeness (QED) is 0.743. The molecular weight excluding hydrogens is 264 g/mol. The van der Waals surface area contributed by atoms with Crippen molar-refractivity contribution >= 4 is 5.97 Å². The van der Waals surface area contributed by atoms with E-state index < -0.39 is 12.1 Å². The predicted octanol–water partition coefficient (Wildman–Crippen LogP) is 1.88. The molecule has 1 aromatic rings. The second kappa shape index (κ2) is 7.00. The minimum absolute atomic E-state index is 0.492. The summed E-state index contributed by atoms with van der Waals surface area (Å²) in [5, 5.41) is 0. The number of carbonyl (C=O) groups is 1. The summed E-state index contributed by atoms with van der Waals surface area (Å²) in [4.78, 5) is 11.8. The Kier molecular flexibility index (Phi) is 5.64. The van der Waals surface area contributed by atoms with Crippen LogP contribution in [0.2, 0.25) is 0 Å². The third-order valence-electron chi connectivity index (χ3n) is 3.02. The van der Waals surface area contributed by atoms with Gasteiger partial charge in [-0.25, -0.2) is 4.79 Å². The summed E-state index contributed by atoms with van der Waals surface area (Å²) < 4.78 is 25.9. The second-order valence-corrected chi connectivity index (χ2v) is 4.00. The van der Waals surface area contributed by atoms with Gasteiger partial charge in [-0.05, 0) is 13.0 Å². The molecule has 0 aliphatic rings. The summed E-state index contributed by atoms with van der Waals surface area (Å²) in [6.07, 6.45) is -0.895. The van der Waals surface area contributed by atoms with Crippen molar-refractivity contribution in [1.29, 1.82) is 0 Å². The van der Waals surface area contributed by atoms with Crippen molar-refractivity contribution < 1.29 is 28.5 Å². The summed E-state index contributed by atoms with van der Waals surface area (Å²) in [7, 11) is 7.30. The molecule has 0 radical (unpaired) electrons. The van der Waals surface area contributed by atoms with E-state index in [9.17, 15) is 4.79 Å². The summed E-state index contributed by atoms with van der Waals surface area (Å²) >= 11 is 0. The number of esters is 1. The van der Waals surface area contributed by atoms with Crippen molar-refractivity contribution in [1.82, 2.24) is 0 Å². The van der Waals surface area contributed by atoms with Gasteiger partial charge in [0, 0.05) is 18.2 Å². The maximum absolute atomic E-state index is 11.8. The predicted molar refractivity (Wildman–Crippen MR) is 72.6 cm³/mol. The third-order valence-corrected chi connectivity index (χ3v) is 3.02. The van der Waals surface area contributed by atoms with Gasteiger partial charge in [0.05, 0.1) is 28.4 Å². The van der Waals surface area contributed by atoms with Gasteiger partial charge in [-0.15, -0.1) is 0 Å². The molecule has 0 bridgehead atoms. The van der Waals surface area contributed by atoms with Gasteiger partial charge in [-0.3, -0.25) is 0 Å². The van der Waals surface area contributed by atoms with Crippen molar-refractivity contribution in [3.63, 3.8) is 0 Å². The van der Waals surface area contributed by atoms with Gasteiger partial charge in [-0.1, -0.05) is 0 Å². The molecule has 6 nitrogen and oxygen atoms in total. The lowest BCUT2D eigenvalue weighted by Gasteiger charge is -2.21. The van der Waals surface area contributed by atoms with E-state index in [2.05, 4.69) is 0 Å². The van der Waals surface area contributed by atoms with E-state index in [1.807, 2.05) is 6.92 Å². The van der Waals surface area contributed by atoms with E-state index in [1.54, 1.807) is 6.07 Å². The standard InChI is InChI=1S/C14H20O6/c1-8-11(17-3)9(13(19-5)14(15)20-6)7-10(16-2)12(8)18-4/h7,13H,1-6H3/t13-/m1/s1. The molecule has 0 unspecified atom stereocenters. The van der Waals surface area contributed by atoms with Gasteiger partial charge in [-0.2, -0.15) is 0 Å². The Balaban J connectivity index is 3.52. The summed E-state index contributed by atoms with van der Waals surface area (Å²) in [5.41, 5.74) is 1.24. The van der Waals surface area contributed by atoms with Crippen molar-refractivity contribution in [2.45, 2.75) is 13.0 Å². The fourth-order valence-corrected chi connectivity index (χ4v) is 2.10. The maximum Gasteiger partial charge on any atom is 0.339 e. The second-order valence-electron chi connectivity index (χ2n) is 4.00. The van der Waals surface area contributed by atoms with Crippen molar-refractivity contribution in [3.05, 3.63) is 17.2 Å². The highest BCUT2D eigenvalue weighted by atomic mass is 16.6. The molecule has 1 aromatic carbocycles. The molecule has 0 saturated carbocycles. The van der Waals surface area contributed by atoms with Crippen LogP contribution in [0.5, 0.6) is 17.2 Å². The Morgan fingerprint density at radius 2 is 1.60 bits per heavy atom. The average molecular weight is 284 g/mol. The van der Waals surface area contributed by atoms with E-state index >= 15 is 0 Å². The van der Waals surface area contributed by atoms with Crippen LogP contribution in [-0.4, -0.2) is 41.5 Å². The lowest BCUT2D eigenvalue weighted by molar-refractivity contribution is -0.152. The van der Waals surface area contributed by atoms with Gasteiger partial charge in [0.15, 0.2) is 17.6 Å². The molecule has 0 aliphatic heterocycles. The SMILES string of the molecule is COC(=O)[C@H](OC)c1cc(OC)c(OC)c(C)c1OC. The Morgan fingerprint density at radius 3 is 2.00 bits per heavy atom. The average Bonchev–Trinajstić information content (AvgIpc) is 2.47. The van der Waals surface area contributed by atoms with E-state index in [-0.39, 0.29) is 0 Å². The zero-order valence-electron chi connectivity index (χ0n) is 12.6. The third kappa shape index (κ3) is 2.80. The molecule has 6 heteroatoms. The molecule has 1 rings (SSSR count). The Morgan fingerprint density at radius 1 is 1.00 bits per heavy atom. The van der Waals surface area contributed by atoms with E-state index in [0.29, 0.717) is 22.8 Å². The number of carbonyl (C=O) groups excluding carboxylic acids is 1. The molecule has 112 valence electrons. The molecule has 0 amide bonds. The topological polar surface area (TPSA) is 63.2 Å². The lowest BCUT2D eigenvalue weighted by atomic mass is 10.0. The minimum atomic E-state index is -0.895. The molecule has 0 aromatic heterocycles. The number of benzene rings is 1. The fourth-order valence-electron chi connectivity index (χ4n) is 2.10. The molecule has 0 saturated heterocycles. The molecule has 0 aliphatic carbocycles. The maximum atomic E-state index is 11.8. The lowest BCUT2D eigenvalue weighted by Crippen LogP contribution is -2.17. The highest BCUT2D eigenvalue weighted by Gasteiger charge is 2.28. The summed E-state index contributed by atoms with van der Waals surface area (Å²) in [5.74, 6) is 1.02. The van der Waals surface area contributed by atoms with E-state index in [4.69, 9.17) is 23.7 Å². The van der Waals surface area contributed by atoms with Gasteiger partial charge < -0.3 is 23.7 Å². The monoisotopic (exact) mass is 284 g/mol. The van der Waals surface area contributed by atoms with Crippen LogP contribution in [0.3, 0.4) is 0 Å². The molecule has 0 fully saturated rings. The van der Waals surface area contributed by atoms with Crippen LogP contribution in [0.4, 0.5) is 0 Å². The Bertz CT molecular complexity index is 483. The molecule has 0 heterocycles. The van der Waals surface area contributed by atoms with Crippen molar-refractivity contribution in [2.75, 3.05) is 35.5 Å². The smallest absolute Gasteiger partial charge is 0.339 e. The van der Waals surface area contributed by atoms with Crippen LogP contribution in [0.15, 0.2) is 6.07 Å². The Hall–Kier alpha value is -1.95. The van der Waals surface area contributed by atoms with Crippen LogP contribution in [0.25, 0.3) is 0 Å². The molecule has 0 N–H and O–H groups in total. The first-order valence-electron chi connectivity index (χ1n) is 5.95. The fraction of sp³-hybridized carbons (Fsp3) is 0.500. The van der Waals surface area contributed by atoms with Gasteiger partial charge in [0.1, 0.15) is 5.75 Å². The number of hydrogen-bond acceptors (Lipinski definition) is 6. The van der Waals surface area contributed by atoms with Gasteiger partial charge >= 0.3 is 5.97 Å². The van der Waals surface area contributed by atoms with Crippen LogP contribution in [0.1, 0.15) is 17.2 Å². The van der Waals surface area contributed by atoms with Crippen LogP contribution >= 0.6 is 0 Å². The molecule has 0 spiro atoms. The van der Waals surface area contributed by atoms with Crippen LogP contribution in [-0.2, 0) is 14.3 Å². The number of methoxy groups -OCH3 is 5. The first-order valence-corrected chi connectivity index (χ1v) is 5.95. The number of ether oxygens (including phenoxy) is 5. The zero-order chi connectivity index (χ0) is 15.3. The highest BCUT2D eigenvalue weighted by molar-refractivity contribution is 5.78. The first-order chi connectivity index (χ1) is 9.55. The van der Waals surface area contributed by atoms with Gasteiger partial charge in [0.2, 0.25) is 0 Å². The molecule has 20 heavy (non-hydrogen) atoms. The zero-order valence-corrected chi connectivity index (χ0v) is 12.6. The highest BCUT2D eigenvalue weighted by Crippen LogP contribution is 2.42. The largest absolute Gasteiger partial charge is 0.496 e. The van der Waals surface area contributed by atoms with E-state index in [1.165, 1.54) is 35.5 Å².